The summed E-state index contributed by atoms with van der Waals surface area (Å²) < 4.78 is 4.49. The second kappa shape index (κ2) is 12.3. The molecule has 1 radical (unpaired) electrons. The molecule has 0 bridgehead atoms. The van der Waals surface area contributed by atoms with Crippen LogP contribution in [-0.4, -0.2) is 94.8 Å². The summed E-state index contributed by atoms with van der Waals surface area (Å²) >= 11 is 0. The number of benzene rings is 1. The number of hydrogen-bond acceptors (Lipinski definition) is 10. The Morgan fingerprint density at radius 1 is 1.29 bits per heavy atom. The van der Waals surface area contributed by atoms with Crippen molar-refractivity contribution in [2.75, 3.05) is 41.9 Å². The molecule has 14 heteroatoms. The van der Waals surface area contributed by atoms with Crippen LogP contribution in [0.4, 0.5) is 23.1 Å². The molecule has 34 heavy (non-hydrogen) atoms. The smallest absolute Gasteiger partial charge is 0.326 e. The van der Waals surface area contributed by atoms with E-state index in [-0.39, 0.29) is 65.5 Å². The number of carboxylic acids is 1. The van der Waals surface area contributed by atoms with Crippen molar-refractivity contribution in [3.8, 4) is 0 Å². The number of aliphatic carboxylic acids is 1. The number of carbonyl (C=O) groups excluding carboxylic acids is 2. The Bertz CT molecular complexity index is 1090. The molecule has 1 amide bonds. The molecule has 8 N–H and O–H groups in total. The van der Waals surface area contributed by atoms with Crippen molar-refractivity contribution in [3.05, 3.63) is 40.2 Å². The van der Waals surface area contributed by atoms with Crippen molar-refractivity contribution >= 4 is 70.5 Å². The number of fused-ring (bicyclic) bond motifs is 1. The van der Waals surface area contributed by atoms with E-state index in [0.29, 0.717) is 24.6 Å². The van der Waals surface area contributed by atoms with Gasteiger partial charge in [-0.15, -0.1) is 0 Å². The number of ether oxygens (including phenoxy) is 1. The van der Waals surface area contributed by atoms with Gasteiger partial charge in [-0.25, -0.2) is 4.79 Å². The van der Waals surface area contributed by atoms with Crippen LogP contribution < -0.4 is 32.6 Å². The summed E-state index contributed by atoms with van der Waals surface area (Å²) in [7, 11) is 1.21. The van der Waals surface area contributed by atoms with Gasteiger partial charge in [0, 0.05) is 60.3 Å². The molecule has 1 unspecified atom stereocenters. The molecule has 177 valence electrons. The molecule has 1 aromatic carbocycles. The number of carboxylic acid groups (broad SMARTS) is 1. The van der Waals surface area contributed by atoms with Crippen LogP contribution in [0.3, 0.4) is 0 Å². The summed E-state index contributed by atoms with van der Waals surface area (Å²) in [6, 6.07) is 5.14. The number of methoxy groups -OCH3 is 1. The number of aromatic amines is 1. The number of amides is 1. The van der Waals surface area contributed by atoms with Crippen molar-refractivity contribution in [2.45, 2.75) is 24.9 Å². The maximum absolute atomic E-state index is 12.4. The minimum atomic E-state index is -1.24. The third-order valence-electron chi connectivity index (χ3n) is 4.97. The second-order valence-electron chi connectivity index (χ2n) is 7.33. The Balaban J connectivity index is 0.00000408. The van der Waals surface area contributed by atoms with E-state index in [2.05, 4.69) is 36.0 Å². The zero-order chi connectivity index (χ0) is 24.0. The summed E-state index contributed by atoms with van der Waals surface area (Å²) in [6.07, 6.45) is -0.204. The minimum Gasteiger partial charge on any atom is -0.480 e. The van der Waals surface area contributed by atoms with Gasteiger partial charge in [0.1, 0.15) is 11.7 Å². The first-order valence-corrected chi connectivity index (χ1v) is 10.1. The van der Waals surface area contributed by atoms with E-state index < -0.39 is 23.9 Å². The van der Waals surface area contributed by atoms with Crippen molar-refractivity contribution < 1.29 is 24.2 Å². The summed E-state index contributed by atoms with van der Waals surface area (Å²) in [6.45, 7) is 0.981. The fourth-order valence-corrected chi connectivity index (χ4v) is 3.19. The molecule has 1 aliphatic rings. The zero-order valence-electron chi connectivity index (χ0n) is 18.8. The maximum atomic E-state index is 12.4. The van der Waals surface area contributed by atoms with Gasteiger partial charge in [-0.2, -0.15) is 4.98 Å². The number of anilines is 4. The van der Waals surface area contributed by atoms with Crippen LogP contribution in [0.15, 0.2) is 29.1 Å². The number of aromatic nitrogens is 2. The van der Waals surface area contributed by atoms with Gasteiger partial charge < -0.3 is 36.8 Å². The summed E-state index contributed by atoms with van der Waals surface area (Å²) in [5, 5.41) is 21.0. The standard InChI is InChI=1S/C20H25N7O6.Na/c1-33-14(28)7-6-13(19(31)32)25-17(29)10-2-4-11(5-3-10)22-8-12-9-23-16-15(24-12)18(30)27-20(21)26-16;/h2-5,12-13,22,24H,6-9H2,1H3,(H,25,29)(H,31,32)(H4,21,23,26,27,30);/t12?,13-;/m0./s1. The average Bonchev–Trinajstić information content (AvgIpc) is 2.80. The molecule has 13 nitrogen and oxygen atoms in total. The molecule has 0 saturated heterocycles. The van der Waals surface area contributed by atoms with Crippen LogP contribution >= 0.6 is 0 Å². The predicted octanol–water partition coefficient (Wildman–Crippen LogP) is -0.574. The van der Waals surface area contributed by atoms with Crippen LogP contribution in [0.2, 0.25) is 0 Å². The topological polar surface area (TPSA) is 201 Å². The Hall–Kier alpha value is -3.29. The monoisotopic (exact) mass is 482 g/mol. The van der Waals surface area contributed by atoms with Crippen LogP contribution in [0.5, 0.6) is 0 Å². The van der Waals surface area contributed by atoms with Gasteiger partial charge >= 0.3 is 11.9 Å². The normalized spacial score (nSPS) is 14.8. The van der Waals surface area contributed by atoms with Crippen molar-refractivity contribution in [1.82, 2.24) is 15.3 Å². The molecule has 2 aromatic rings. The molecule has 0 saturated carbocycles. The Morgan fingerprint density at radius 3 is 2.65 bits per heavy atom. The fraction of sp³-hybridized carbons (Fsp3) is 0.350. The van der Waals surface area contributed by atoms with E-state index in [0.717, 1.165) is 5.69 Å². The number of nitrogens with one attached hydrogen (secondary N) is 5. The molecule has 0 spiro atoms. The first-order chi connectivity index (χ1) is 15.8. The molecule has 0 aliphatic carbocycles. The van der Waals surface area contributed by atoms with Crippen molar-refractivity contribution in [1.29, 1.82) is 0 Å². The SMILES string of the molecule is COC(=O)CC[C@H](NC(=O)c1ccc(NCC2CNc3nc(N)[nH]c(=O)c3N2)cc1)C(=O)O.[Na]. The number of nitrogen functional groups attached to an aromatic ring is 1. The van der Waals surface area contributed by atoms with E-state index in [9.17, 15) is 24.3 Å². The predicted molar refractivity (Wildman–Crippen MR) is 126 cm³/mol. The van der Waals surface area contributed by atoms with Gasteiger partial charge in [0.2, 0.25) is 5.95 Å². The average molecular weight is 482 g/mol. The van der Waals surface area contributed by atoms with Crippen LogP contribution in [0.25, 0.3) is 0 Å². The number of carbonyl (C=O) groups is 3. The van der Waals surface area contributed by atoms with Crippen molar-refractivity contribution in [2.24, 2.45) is 0 Å². The number of nitrogens with zero attached hydrogens (tertiary/aromatic N) is 1. The van der Waals surface area contributed by atoms with Gasteiger partial charge in [0.15, 0.2) is 5.82 Å². The number of esters is 1. The first kappa shape index (κ1) is 27.0. The van der Waals surface area contributed by atoms with Gasteiger partial charge in [-0.3, -0.25) is 19.4 Å². The summed E-state index contributed by atoms with van der Waals surface area (Å²) in [5.41, 5.74) is 6.48. The fourth-order valence-electron chi connectivity index (χ4n) is 3.19. The Labute approximate surface area is 216 Å². The molecule has 1 aliphatic heterocycles. The van der Waals surface area contributed by atoms with E-state index in [1.54, 1.807) is 24.3 Å². The van der Waals surface area contributed by atoms with E-state index in [1.807, 2.05) is 0 Å². The maximum Gasteiger partial charge on any atom is 0.326 e. The number of rotatable bonds is 9. The molecule has 2 atom stereocenters. The Morgan fingerprint density at radius 2 is 2.00 bits per heavy atom. The molecule has 3 rings (SSSR count). The molecule has 1 aromatic heterocycles. The number of H-pyrrole nitrogens is 1. The van der Waals surface area contributed by atoms with Gasteiger partial charge in [-0.1, -0.05) is 0 Å². The van der Waals surface area contributed by atoms with Crippen molar-refractivity contribution in [3.63, 3.8) is 0 Å². The third kappa shape index (κ3) is 7.10. The number of hydrogen-bond donors (Lipinski definition) is 7. The second-order valence-corrected chi connectivity index (χ2v) is 7.33. The van der Waals surface area contributed by atoms with Crippen LogP contribution in [-0.2, 0) is 14.3 Å². The molecular weight excluding hydrogens is 457 g/mol. The van der Waals surface area contributed by atoms with E-state index in [1.165, 1.54) is 7.11 Å². The van der Waals surface area contributed by atoms with Gasteiger partial charge in [0.25, 0.3) is 11.5 Å². The largest absolute Gasteiger partial charge is 0.480 e. The van der Waals surface area contributed by atoms with Gasteiger partial charge in [-0.05, 0) is 30.7 Å². The van der Waals surface area contributed by atoms with Gasteiger partial charge in [0.05, 0.1) is 13.2 Å². The molecule has 2 heterocycles. The number of nitrogens with two attached hydrogens (primary N) is 1. The zero-order valence-corrected chi connectivity index (χ0v) is 20.8. The molecule has 0 fully saturated rings. The van der Waals surface area contributed by atoms with Crippen LogP contribution in [0, 0.1) is 0 Å². The first-order valence-electron chi connectivity index (χ1n) is 10.1. The molecular formula is C20H25N7NaO6. The minimum absolute atomic E-state index is 0. The quantitative estimate of drug-likeness (QED) is 0.178. The van der Waals surface area contributed by atoms with Crippen LogP contribution in [0.1, 0.15) is 23.2 Å². The van der Waals surface area contributed by atoms with E-state index in [4.69, 9.17) is 5.73 Å². The third-order valence-corrected chi connectivity index (χ3v) is 4.97. The van der Waals surface area contributed by atoms with E-state index >= 15 is 0 Å². The Kier molecular flexibility index (Phi) is 9.71. The summed E-state index contributed by atoms with van der Waals surface area (Å²) in [5.74, 6) is -1.93. The summed E-state index contributed by atoms with van der Waals surface area (Å²) in [4.78, 5) is 53.5.